The van der Waals surface area contributed by atoms with Crippen molar-refractivity contribution in [2.75, 3.05) is 19.1 Å². The summed E-state index contributed by atoms with van der Waals surface area (Å²) in [6.45, 7) is 5.43. The highest BCUT2D eigenvalue weighted by Crippen LogP contribution is 2.41. The first-order chi connectivity index (χ1) is 8.04. The van der Waals surface area contributed by atoms with E-state index >= 15 is 0 Å². The lowest BCUT2D eigenvalue weighted by Gasteiger charge is -2.28. The molecule has 0 atom stereocenters. The van der Waals surface area contributed by atoms with E-state index in [0.717, 1.165) is 23.5 Å². The lowest BCUT2D eigenvalue weighted by atomic mass is 9.82. The van der Waals surface area contributed by atoms with Crippen LogP contribution in [0.15, 0.2) is 12.1 Å². The molecule has 0 saturated carbocycles. The second-order valence-corrected chi connectivity index (χ2v) is 5.58. The molecule has 0 aliphatic carbocycles. The van der Waals surface area contributed by atoms with Crippen LogP contribution in [-0.2, 0) is 5.41 Å². The fourth-order valence-corrected chi connectivity index (χ4v) is 2.84. The van der Waals surface area contributed by atoms with E-state index in [4.69, 9.17) is 32.7 Å². The summed E-state index contributed by atoms with van der Waals surface area (Å²) in [7, 11) is 0. The van der Waals surface area contributed by atoms with Gasteiger partial charge in [-0.1, -0.05) is 25.4 Å². The Morgan fingerprint density at radius 3 is 2.35 bits per heavy atom. The molecule has 0 N–H and O–H groups in total. The molecule has 0 bridgehead atoms. The smallest absolute Gasteiger partial charge is 0.162 e. The summed E-state index contributed by atoms with van der Waals surface area (Å²) >= 11 is 12.1. The first-order valence-electron chi connectivity index (χ1n) is 5.70. The van der Waals surface area contributed by atoms with Crippen molar-refractivity contribution in [2.24, 2.45) is 0 Å². The Kier molecular flexibility index (Phi) is 3.74. The van der Waals surface area contributed by atoms with Gasteiger partial charge in [-0.05, 0) is 23.5 Å². The van der Waals surface area contributed by atoms with Crippen LogP contribution in [0.5, 0.6) is 11.5 Å². The van der Waals surface area contributed by atoms with Crippen LogP contribution in [0, 0.1) is 0 Å². The van der Waals surface area contributed by atoms with Gasteiger partial charge in [-0.15, -0.1) is 11.6 Å². The van der Waals surface area contributed by atoms with Gasteiger partial charge < -0.3 is 9.47 Å². The molecule has 94 valence electrons. The Labute approximate surface area is 112 Å². The highest BCUT2D eigenvalue weighted by atomic mass is 35.5. The van der Waals surface area contributed by atoms with Gasteiger partial charge in [-0.3, -0.25) is 0 Å². The van der Waals surface area contributed by atoms with Gasteiger partial charge >= 0.3 is 0 Å². The topological polar surface area (TPSA) is 18.5 Å². The highest BCUT2D eigenvalue weighted by Gasteiger charge is 2.26. The zero-order valence-corrected chi connectivity index (χ0v) is 11.6. The van der Waals surface area contributed by atoms with Crippen molar-refractivity contribution >= 4 is 23.2 Å². The van der Waals surface area contributed by atoms with E-state index in [-0.39, 0.29) is 5.41 Å². The van der Waals surface area contributed by atoms with Gasteiger partial charge in [0.15, 0.2) is 11.5 Å². The van der Waals surface area contributed by atoms with E-state index in [1.165, 1.54) is 0 Å². The summed E-state index contributed by atoms with van der Waals surface area (Å²) in [6.07, 6.45) is 0.869. The standard InChI is InChI=1S/C13H16Cl2O2/c1-13(2,3-4-14)9-7-11-12(8-10(9)15)17-6-5-16-11/h7-8H,3-6H2,1-2H3. The molecule has 0 aromatic heterocycles. The van der Waals surface area contributed by atoms with E-state index in [9.17, 15) is 0 Å². The van der Waals surface area contributed by atoms with Crippen molar-refractivity contribution < 1.29 is 9.47 Å². The molecule has 4 heteroatoms. The maximum atomic E-state index is 6.30. The Balaban J connectivity index is 2.41. The van der Waals surface area contributed by atoms with E-state index in [0.29, 0.717) is 24.1 Å². The average Bonchev–Trinajstić information content (AvgIpc) is 2.27. The first kappa shape index (κ1) is 12.8. The molecular weight excluding hydrogens is 259 g/mol. The quantitative estimate of drug-likeness (QED) is 0.776. The Morgan fingerprint density at radius 1 is 1.18 bits per heavy atom. The molecule has 0 amide bonds. The number of alkyl halides is 1. The molecule has 0 saturated heterocycles. The van der Waals surface area contributed by atoms with Crippen LogP contribution in [0.25, 0.3) is 0 Å². The maximum absolute atomic E-state index is 6.30. The predicted molar refractivity (Wildman–Crippen MR) is 70.8 cm³/mol. The van der Waals surface area contributed by atoms with Gasteiger partial charge in [-0.25, -0.2) is 0 Å². The number of fused-ring (bicyclic) bond motifs is 1. The van der Waals surface area contributed by atoms with Gasteiger partial charge in [0.05, 0.1) is 0 Å². The van der Waals surface area contributed by atoms with E-state index < -0.39 is 0 Å². The predicted octanol–water partition coefficient (Wildman–Crippen LogP) is 4.02. The maximum Gasteiger partial charge on any atom is 0.162 e. The van der Waals surface area contributed by atoms with Crippen molar-refractivity contribution in [2.45, 2.75) is 25.7 Å². The number of hydrogen-bond donors (Lipinski definition) is 0. The molecule has 1 aromatic rings. The van der Waals surface area contributed by atoms with Crippen molar-refractivity contribution in [3.8, 4) is 11.5 Å². The molecule has 1 aliphatic heterocycles. The molecule has 0 spiro atoms. The molecule has 0 fully saturated rings. The van der Waals surface area contributed by atoms with Crippen LogP contribution in [0.2, 0.25) is 5.02 Å². The summed E-state index contributed by atoms with van der Waals surface area (Å²) in [5, 5.41) is 0.712. The number of ether oxygens (including phenoxy) is 2. The number of hydrogen-bond acceptors (Lipinski definition) is 2. The molecule has 0 unspecified atom stereocenters. The minimum Gasteiger partial charge on any atom is -0.486 e. The van der Waals surface area contributed by atoms with Crippen LogP contribution < -0.4 is 9.47 Å². The first-order valence-corrected chi connectivity index (χ1v) is 6.61. The zero-order chi connectivity index (χ0) is 12.5. The van der Waals surface area contributed by atoms with E-state index in [2.05, 4.69) is 13.8 Å². The molecule has 1 aliphatic rings. The minimum atomic E-state index is -0.0608. The van der Waals surface area contributed by atoms with Crippen molar-refractivity contribution in [3.63, 3.8) is 0 Å². The Bertz CT molecular complexity index is 416. The summed E-state index contributed by atoms with van der Waals surface area (Å²) in [5.41, 5.74) is 0.998. The molecule has 2 rings (SSSR count). The normalized spacial score (nSPS) is 14.8. The van der Waals surface area contributed by atoms with Crippen LogP contribution in [-0.4, -0.2) is 19.1 Å². The van der Waals surface area contributed by atoms with Crippen molar-refractivity contribution in [1.29, 1.82) is 0 Å². The van der Waals surface area contributed by atoms with Gasteiger partial charge in [0.2, 0.25) is 0 Å². The largest absolute Gasteiger partial charge is 0.486 e. The molecule has 1 heterocycles. The summed E-state index contributed by atoms with van der Waals surface area (Å²) in [6, 6.07) is 3.81. The third-order valence-electron chi connectivity index (χ3n) is 3.08. The zero-order valence-electron chi connectivity index (χ0n) is 10.1. The molecule has 17 heavy (non-hydrogen) atoms. The fraction of sp³-hybridized carbons (Fsp3) is 0.538. The highest BCUT2D eigenvalue weighted by molar-refractivity contribution is 6.31. The van der Waals surface area contributed by atoms with Crippen LogP contribution in [0.3, 0.4) is 0 Å². The van der Waals surface area contributed by atoms with Gasteiger partial charge in [0, 0.05) is 17.0 Å². The third kappa shape index (κ3) is 2.63. The van der Waals surface area contributed by atoms with Crippen LogP contribution in [0.1, 0.15) is 25.8 Å². The van der Waals surface area contributed by atoms with Gasteiger partial charge in [0.1, 0.15) is 13.2 Å². The average molecular weight is 275 g/mol. The molecule has 1 aromatic carbocycles. The molecular formula is C13H16Cl2O2. The second kappa shape index (κ2) is 4.95. The van der Waals surface area contributed by atoms with Crippen molar-refractivity contribution in [1.82, 2.24) is 0 Å². The lowest BCUT2D eigenvalue weighted by molar-refractivity contribution is 0.171. The molecule has 2 nitrogen and oxygen atoms in total. The van der Waals surface area contributed by atoms with Crippen molar-refractivity contribution in [3.05, 3.63) is 22.7 Å². The minimum absolute atomic E-state index is 0.0608. The number of rotatable bonds is 3. The van der Waals surface area contributed by atoms with Crippen LogP contribution in [0.4, 0.5) is 0 Å². The Morgan fingerprint density at radius 2 is 1.76 bits per heavy atom. The third-order valence-corrected chi connectivity index (χ3v) is 3.58. The van der Waals surface area contributed by atoms with E-state index in [1.807, 2.05) is 12.1 Å². The Hall–Kier alpha value is -0.600. The lowest BCUT2D eigenvalue weighted by Crippen LogP contribution is -2.20. The monoisotopic (exact) mass is 274 g/mol. The van der Waals surface area contributed by atoms with Gasteiger partial charge in [0.25, 0.3) is 0 Å². The molecule has 0 radical (unpaired) electrons. The summed E-state index contributed by atoms with van der Waals surface area (Å²) in [5.74, 6) is 2.11. The number of benzene rings is 1. The van der Waals surface area contributed by atoms with Gasteiger partial charge in [-0.2, -0.15) is 0 Å². The summed E-state index contributed by atoms with van der Waals surface area (Å²) in [4.78, 5) is 0. The SMILES string of the molecule is CC(C)(CCCl)c1cc2c(cc1Cl)OCCO2. The van der Waals surface area contributed by atoms with Crippen LogP contribution >= 0.6 is 23.2 Å². The second-order valence-electron chi connectivity index (χ2n) is 4.80. The number of halogens is 2. The fourth-order valence-electron chi connectivity index (χ4n) is 1.95. The van der Waals surface area contributed by atoms with E-state index in [1.54, 1.807) is 0 Å². The summed E-state index contributed by atoms with van der Waals surface area (Å²) < 4.78 is 11.1.